The number of rotatable bonds is 5. The Morgan fingerprint density at radius 1 is 1.35 bits per heavy atom. The molecule has 2 aromatic rings. The van der Waals surface area contributed by atoms with Crippen LogP contribution in [0.15, 0.2) is 18.2 Å². The molecule has 106 valence electrons. The highest BCUT2D eigenvalue weighted by molar-refractivity contribution is 5.87. The zero-order valence-electron chi connectivity index (χ0n) is 11.6. The fraction of sp³-hybridized carbons (Fsp3) is 0.286. The highest BCUT2D eigenvalue weighted by Gasteiger charge is 2.15. The monoisotopic (exact) mass is 276 g/mol. The molecule has 0 aliphatic carbocycles. The summed E-state index contributed by atoms with van der Waals surface area (Å²) in [6, 6.07) is 5.11. The van der Waals surface area contributed by atoms with Gasteiger partial charge in [0.25, 0.3) is 0 Å². The van der Waals surface area contributed by atoms with E-state index in [-0.39, 0.29) is 5.69 Å². The Morgan fingerprint density at radius 3 is 2.65 bits per heavy atom. The third-order valence-electron chi connectivity index (χ3n) is 2.88. The molecule has 0 saturated carbocycles. The molecule has 0 saturated heterocycles. The largest absolute Gasteiger partial charge is 0.496 e. The van der Waals surface area contributed by atoms with Gasteiger partial charge in [-0.15, -0.1) is 0 Å². The van der Waals surface area contributed by atoms with Crippen molar-refractivity contribution in [2.24, 2.45) is 0 Å². The average Bonchev–Trinajstić information content (AvgIpc) is 2.90. The fourth-order valence-electron chi connectivity index (χ4n) is 1.91. The SMILES string of the molecule is CCOc1cc(-c2cc(C(=O)O)[nH]n2)c(OC)cc1C. The van der Waals surface area contributed by atoms with Crippen LogP contribution < -0.4 is 9.47 Å². The molecule has 0 aliphatic heterocycles. The van der Waals surface area contributed by atoms with Crippen molar-refractivity contribution in [2.45, 2.75) is 13.8 Å². The van der Waals surface area contributed by atoms with Crippen LogP contribution in [0.5, 0.6) is 11.5 Å². The number of aromatic carboxylic acids is 1. The average molecular weight is 276 g/mol. The molecule has 0 unspecified atom stereocenters. The Balaban J connectivity index is 2.52. The number of carboxylic acids is 1. The van der Waals surface area contributed by atoms with E-state index in [9.17, 15) is 4.79 Å². The quantitative estimate of drug-likeness (QED) is 0.876. The van der Waals surface area contributed by atoms with Gasteiger partial charge in [0.2, 0.25) is 0 Å². The molecule has 2 rings (SSSR count). The summed E-state index contributed by atoms with van der Waals surface area (Å²) in [6.07, 6.45) is 0. The van der Waals surface area contributed by atoms with Gasteiger partial charge in [-0.1, -0.05) is 0 Å². The number of ether oxygens (including phenoxy) is 2. The third-order valence-corrected chi connectivity index (χ3v) is 2.88. The molecule has 0 amide bonds. The third kappa shape index (κ3) is 2.59. The van der Waals surface area contributed by atoms with Crippen molar-refractivity contribution < 1.29 is 19.4 Å². The molecule has 0 radical (unpaired) electrons. The highest BCUT2D eigenvalue weighted by atomic mass is 16.5. The van der Waals surface area contributed by atoms with E-state index in [4.69, 9.17) is 14.6 Å². The second-order valence-corrected chi connectivity index (χ2v) is 4.22. The van der Waals surface area contributed by atoms with Gasteiger partial charge in [0.1, 0.15) is 17.2 Å². The number of carboxylic acid groups (broad SMARTS) is 1. The summed E-state index contributed by atoms with van der Waals surface area (Å²) in [5.74, 6) is 0.289. The lowest BCUT2D eigenvalue weighted by Gasteiger charge is -2.12. The molecule has 1 aromatic heterocycles. The number of aromatic amines is 1. The lowest BCUT2D eigenvalue weighted by atomic mass is 10.1. The smallest absolute Gasteiger partial charge is 0.353 e. The van der Waals surface area contributed by atoms with Crippen LogP contribution in [-0.4, -0.2) is 35.0 Å². The number of aromatic nitrogens is 2. The van der Waals surface area contributed by atoms with Crippen molar-refractivity contribution in [3.05, 3.63) is 29.5 Å². The number of benzene rings is 1. The van der Waals surface area contributed by atoms with Crippen LogP contribution >= 0.6 is 0 Å². The topological polar surface area (TPSA) is 84.4 Å². The Kier molecular flexibility index (Phi) is 3.93. The van der Waals surface area contributed by atoms with Crippen LogP contribution in [0.2, 0.25) is 0 Å². The summed E-state index contributed by atoms with van der Waals surface area (Å²) >= 11 is 0. The molecule has 0 atom stereocenters. The maximum absolute atomic E-state index is 10.9. The first kappa shape index (κ1) is 13.9. The first-order valence-electron chi connectivity index (χ1n) is 6.17. The standard InChI is InChI=1S/C14H16N2O4/c1-4-20-12-6-9(13(19-3)5-8(12)2)10-7-11(14(17)18)16-15-10/h5-7H,4H2,1-3H3,(H,15,16)(H,17,18). The minimum Gasteiger partial charge on any atom is -0.496 e. The van der Waals surface area contributed by atoms with Gasteiger partial charge in [-0.25, -0.2) is 4.79 Å². The van der Waals surface area contributed by atoms with Crippen LogP contribution in [0.1, 0.15) is 23.0 Å². The predicted octanol–water partition coefficient (Wildman–Crippen LogP) is 2.49. The van der Waals surface area contributed by atoms with Gasteiger partial charge in [0, 0.05) is 5.56 Å². The summed E-state index contributed by atoms with van der Waals surface area (Å²) in [7, 11) is 1.56. The zero-order chi connectivity index (χ0) is 14.7. The van der Waals surface area contributed by atoms with E-state index >= 15 is 0 Å². The number of nitrogens with zero attached hydrogens (tertiary/aromatic N) is 1. The minimum absolute atomic E-state index is 0.0283. The maximum atomic E-state index is 10.9. The van der Waals surface area contributed by atoms with Crippen LogP contribution in [0, 0.1) is 6.92 Å². The zero-order valence-corrected chi connectivity index (χ0v) is 11.6. The van der Waals surface area contributed by atoms with Crippen LogP contribution in [0.25, 0.3) is 11.3 Å². The molecule has 0 aliphatic rings. The first-order valence-corrected chi connectivity index (χ1v) is 6.17. The van der Waals surface area contributed by atoms with E-state index in [2.05, 4.69) is 10.2 Å². The van der Waals surface area contributed by atoms with Gasteiger partial charge < -0.3 is 14.6 Å². The highest BCUT2D eigenvalue weighted by Crippen LogP contribution is 2.35. The number of H-pyrrole nitrogens is 1. The van der Waals surface area contributed by atoms with Crippen LogP contribution in [-0.2, 0) is 0 Å². The Labute approximate surface area is 116 Å². The second-order valence-electron chi connectivity index (χ2n) is 4.22. The normalized spacial score (nSPS) is 10.3. The minimum atomic E-state index is -1.06. The maximum Gasteiger partial charge on any atom is 0.353 e. The number of carbonyl (C=O) groups is 1. The van der Waals surface area contributed by atoms with Crippen molar-refractivity contribution in [3.8, 4) is 22.8 Å². The van der Waals surface area contributed by atoms with E-state index in [1.54, 1.807) is 13.2 Å². The lowest BCUT2D eigenvalue weighted by Crippen LogP contribution is -1.97. The Bertz CT molecular complexity index is 634. The molecule has 2 N–H and O–H groups in total. The van der Waals surface area contributed by atoms with E-state index in [1.807, 2.05) is 19.9 Å². The van der Waals surface area contributed by atoms with Gasteiger partial charge in [-0.3, -0.25) is 5.10 Å². The Hall–Kier alpha value is -2.50. The van der Waals surface area contributed by atoms with Gasteiger partial charge in [0.05, 0.1) is 19.4 Å². The summed E-state index contributed by atoms with van der Waals surface area (Å²) < 4.78 is 10.9. The van der Waals surface area contributed by atoms with E-state index in [1.165, 1.54) is 6.07 Å². The first-order chi connectivity index (χ1) is 9.56. The number of hydrogen-bond donors (Lipinski definition) is 2. The number of hydrogen-bond acceptors (Lipinski definition) is 4. The molecule has 0 bridgehead atoms. The predicted molar refractivity (Wildman–Crippen MR) is 73.4 cm³/mol. The summed E-state index contributed by atoms with van der Waals surface area (Å²) in [5.41, 5.74) is 2.16. The van der Waals surface area contributed by atoms with Crippen molar-refractivity contribution in [2.75, 3.05) is 13.7 Å². The van der Waals surface area contributed by atoms with E-state index in [0.717, 1.165) is 11.3 Å². The summed E-state index contributed by atoms with van der Waals surface area (Å²) in [4.78, 5) is 10.9. The van der Waals surface area contributed by atoms with Crippen molar-refractivity contribution >= 4 is 5.97 Å². The molecule has 0 spiro atoms. The lowest BCUT2D eigenvalue weighted by molar-refractivity contribution is 0.0690. The van der Waals surface area contributed by atoms with Gasteiger partial charge in [0.15, 0.2) is 0 Å². The van der Waals surface area contributed by atoms with E-state index < -0.39 is 5.97 Å². The van der Waals surface area contributed by atoms with E-state index in [0.29, 0.717) is 23.6 Å². The second kappa shape index (κ2) is 5.64. The number of aryl methyl sites for hydroxylation is 1. The van der Waals surface area contributed by atoms with Gasteiger partial charge >= 0.3 is 5.97 Å². The molecule has 1 heterocycles. The summed E-state index contributed by atoms with van der Waals surface area (Å²) in [5, 5.41) is 15.4. The molecule has 6 heteroatoms. The molecule has 6 nitrogen and oxygen atoms in total. The van der Waals surface area contributed by atoms with Gasteiger partial charge in [-0.05, 0) is 37.6 Å². The molecule has 0 fully saturated rings. The Morgan fingerprint density at radius 2 is 2.10 bits per heavy atom. The number of methoxy groups -OCH3 is 1. The fourth-order valence-corrected chi connectivity index (χ4v) is 1.91. The molecular weight excluding hydrogens is 260 g/mol. The number of nitrogens with one attached hydrogen (secondary N) is 1. The molecule has 20 heavy (non-hydrogen) atoms. The van der Waals surface area contributed by atoms with Crippen LogP contribution in [0.4, 0.5) is 0 Å². The summed E-state index contributed by atoms with van der Waals surface area (Å²) in [6.45, 7) is 4.37. The van der Waals surface area contributed by atoms with Crippen molar-refractivity contribution in [1.29, 1.82) is 0 Å². The molecular formula is C14H16N2O4. The van der Waals surface area contributed by atoms with Gasteiger partial charge in [-0.2, -0.15) is 5.10 Å². The molecule has 1 aromatic carbocycles. The van der Waals surface area contributed by atoms with Crippen molar-refractivity contribution in [1.82, 2.24) is 10.2 Å². The van der Waals surface area contributed by atoms with Crippen LogP contribution in [0.3, 0.4) is 0 Å². The van der Waals surface area contributed by atoms with Crippen molar-refractivity contribution in [3.63, 3.8) is 0 Å².